The molecule has 0 saturated carbocycles. The molecule has 2 aromatic carbocycles. The molecule has 2 rings (SSSR count). The molecule has 0 aliphatic heterocycles. The average molecular weight is 342 g/mol. The number of hydrogen-bond acceptors (Lipinski definition) is 4. The van der Waals surface area contributed by atoms with Gasteiger partial charge in [0.1, 0.15) is 0 Å². The quantitative estimate of drug-likeness (QED) is 0.846. The summed E-state index contributed by atoms with van der Waals surface area (Å²) in [5, 5.41) is 5.43. The number of carbonyl (C=O) groups excluding carboxylic acids is 2. The summed E-state index contributed by atoms with van der Waals surface area (Å²) in [7, 11) is 3.02. The first-order chi connectivity index (χ1) is 12.0. The molecular formula is C19H22N2O4. The summed E-state index contributed by atoms with van der Waals surface area (Å²) in [5.41, 5.74) is 3.10. The molecule has 2 N–H and O–H groups in total. The highest BCUT2D eigenvalue weighted by atomic mass is 16.5. The molecule has 0 spiro atoms. The van der Waals surface area contributed by atoms with Gasteiger partial charge < -0.3 is 20.1 Å². The van der Waals surface area contributed by atoms with Gasteiger partial charge in [0.05, 0.1) is 20.8 Å². The summed E-state index contributed by atoms with van der Waals surface area (Å²) in [5.74, 6) is 0.339. The third kappa shape index (κ3) is 4.50. The Morgan fingerprint density at radius 3 is 2.20 bits per heavy atom. The third-order valence-corrected chi connectivity index (χ3v) is 3.80. The van der Waals surface area contributed by atoms with Crippen LogP contribution in [-0.4, -0.2) is 32.6 Å². The van der Waals surface area contributed by atoms with Crippen molar-refractivity contribution in [2.24, 2.45) is 0 Å². The van der Waals surface area contributed by atoms with Crippen LogP contribution in [0.2, 0.25) is 0 Å². The van der Waals surface area contributed by atoms with Crippen LogP contribution in [0.1, 0.15) is 21.5 Å². The summed E-state index contributed by atoms with van der Waals surface area (Å²) >= 11 is 0. The Bertz CT molecular complexity index is 767. The molecule has 0 aliphatic rings. The molecule has 2 aromatic rings. The number of hydrogen-bond donors (Lipinski definition) is 2. The zero-order valence-corrected chi connectivity index (χ0v) is 14.8. The predicted octanol–water partition coefficient (Wildman–Crippen LogP) is 2.69. The van der Waals surface area contributed by atoms with Gasteiger partial charge in [-0.3, -0.25) is 9.59 Å². The van der Waals surface area contributed by atoms with E-state index in [-0.39, 0.29) is 18.4 Å². The standard InChI is InChI=1S/C19H22N2O4/c1-12-6-5-7-13(2)18(12)21-17(22)11-20-19(23)14-8-9-15(24-3)16(10-14)25-4/h5-10H,11H2,1-4H3,(H,20,23)(H,21,22). The van der Waals surface area contributed by atoms with Gasteiger partial charge in [-0.2, -0.15) is 0 Å². The minimum atomic E-state index is -0.363. The first kappa shape index (κ1) is 18.3. The van der Waals surface area contributed by atoms with E-state index in [9.17, 15) is 9.59 Å². The maximum atomic E-state index is 12.2. The number of amides is 2. The van der Waals surface area contributed by atoms with E-state index in [1.165, 1.54) is 14.2 Å². The summed E-state index contributed by atoms with van der Waals surface area (Å²) in [6.07, 6.45) is 0. The maximum Gasteiger partial charge on any atom is 0.251 e. The van der Waals surface area contributed by atoms with Crippen molar-refractivity contribution in [3.8, 4) is 11.5 Å². The molecule has 0 atom stereocenters. The smallest absolute Gasteiger partial charge is 0.251 e. The van der Waals surface area contributed by atoms with Crippen molar-refractivity contribution in [2.45, 2.75) is 13.8 Å². The fourth-order valence-electron chi connectivity index (χ4n) is 2.44. The van der Waals surface area contributed by atoms with Crippen LogP contribution in [0, 0.1) is 13.8 Å². The lowest BCUT2D eigenvalue weighted by Crippen LogP contribution is -2.33. The number of benzene rings is 2. The minimum Gasteiger partial charge on any atom is -0.493 e. The van der Waals surface area contributed by atoms with E-state index < -0.39 is 0 Å². The number of rotatable bonds is 6. The van der Waals surface area contributed by atoms with Gasteiger partial charge in [-0.15, -0.1) is 0 Å². The summed E-state index contributed by atoms with van der Waals surface area (Å²) in [6.45, 7) is 3.72. The van der Waals surface area contributed by atoms with Crippen LogP contribution in [0.3, 0.4) is 0 Å². The van der Waals surface area contributed by atoms with Gasteiger partial charge in [-0.25, -0.2) is 0 Å². The highest BCUT2D eigenvalue weighted by Crippen LogP contribution is 2.27. The fourth-order valence-corrected chi connectivity index (χ4v) is 2.44. The topological polar surface area (TPSA) is 76.7 Å². The van der Waals surface area contributed by atoms with Gasteiger partial charge >= 0.3 is 0 Å². The molecule has 6 heteroatoms. The SMILES string of the molecule is COc1ccc(C(=O)NCC(=O)Nc2c(C)cccc2C)cc1OC. The van der Waals surface area contributed by atoms with Crippen molar-refractivity contribution in [3.05, 3.63) is 53.1 Å². The Hall–Kier alpha value is -3.02. The van der Waals surface area contributed by atoms with Crippen molar-refractivity contribution in [1.82, 2.24) is 5.32 Å². The van der Waals surface area contributed by atoms with Gasteiger partial charge in [0.2, 0.25) is 5.91 Å². The van der Waals surface area contributed by atoms with Crippen molar-refractivity contribution >= 4 is 17.5 Å². The Kier molecular flexibility index (Phi) is 6.00. The number of para-hydroxylation sites is 1. The molecule has 0 fully saturated rings. The zero-order chi connectivity index (χ0) is 18.4. The van der Waals surface area contributed by atoms with Crippen LogP contribution < -0.4 is 20.1 Å². The van der Waals surface area contributed by atoms with Crippen LogP contribution in [0.25, 0.3) is 0 Å². The van der Waals surface area contributed by atoms with Crippen LogP contribution in [0.15, 0.2) is 36.4 Å². The van der Waals surface area contributed by atoms with E-state index in [2.05, 4.69) is 10.6 Å². The minimum absolute atomic E-state index is 0.124. The molecule has 0 aromatic heterocycles. The number of aryl methyl sites for hydroxylation is 2. The highest BCUT2D eigenvalue weighted by Gasteiger charge is 2.13. The second-order valence-electron chi connectivity index (χ2n) is 5.57. The van der Waals surface area contributed by atoms with E-state index in [0.29, 0.717) is 17.1 Å². The van der Waals surface area contributed by atoms with Crippen LogP contribution >= 0.6 is 0 Å². The molecule has 25 heavy (non-hydrogen) atoms. The van der Waals surface area contributed by atoms with E-state index >= 15 is 0 Å². The van der Waals surface area contributed by atoms with Crippen LogP contribution in [0.5, 0.6) is 11.5 Å². The molecule has 2 amide bonds. The Balaban J connectivity index is 1.99. The largest absolute Gasteiger partial charge is 0.493 e. The first-order valence-electron chi connectivity index (χ1n) is 7.82. The van der Waals surface area contributed by atoms with Gasteiger partial charge in [0.15, 0.2) is 11.5 Å². The fraction of sp³-hybridized carbons (Fsp3) is 0.263. The van der Waals surface area contributed by atoms with Crippen LogP contribution in [0.4, 0.5) is 5.69 Å². The number of ether oxygens (including phenoxy) is 2. The van der Waals surface area contributed by atoms with Gasteiger partial charge in [0, 0.05) is 11.3 Å². The first-order valence-corrected chi connectivity index (χ1v) is 7.82. The van der Waals surface area contributed by atoms with E-state index in [1.54, 1.807) is 18.2 Å². The van der Waals surface area contributed by atoms with Gasteiger partial charge in [-0.05, 0) is 43.2 Å². The van der Waals surface area contributed by atoms with Gasteiger partial charge in [0.25, 0.3) is 5.91 Å². The van der Waals surface area contributed by atoms with E-state index in [1.807, 2.05) is 32.0 Å². The van der Waals surface area contributed by atoms with E-state index in [0.717, 1.165) is 16.8 Å². The van der Waals surface area contributed by atoms with Gasteiger partial charge in [-0.1, -0.05) is 18.2 Å². The molecule has 6 nitrogen and oxygen atoms in total. The third-order valence-electron chi connectivity index (χ3n) is 3.80. The molecule has 0 bridgehead atoms. The second kappa shape index (κ2) is 8.19. The van der Waals surface area contributed by atoms with Crippen LogP contribution in [-0.2, 0) is 4.79 Å². The van der Waals surface area contributed by atoms with Crippen molar-refractivity contribution < 1.29 is 19.1 Å². The normalized spacial score (nSPS) is 10.1. The summed E-state index contributed by atoms with van der Waals surface area (Å²) in [4.78, 5) is 24.3. The molecule has 0 radical (unpaired) electrons. The lowest BCUT2D eigenvalue weighted by Gasteiger charge is -2.12. The van der Waals surface area contributed by atoms with Crippen molar-refractivity contribution in [2.75, 3.05) is 26.1 Å². The Morgan fingerprint density at radius 2 is 1.60 bits per heavy atom. The molecule has 0 unspecified atom stereocenters. The monoisotopic (exact) mass is 342 g/mol. The average Bonchev–Trinajstić information content (AvgIpc) is 2.62. The molecule has 0 saturated heterocycles. The molecule has 0 aliphatic carbocycles. The lowest BCUT2D eigenvalue weighted by atomic mass is 10.1. The second-order valence-corrected chi connectivity index (χ2v) is 5.57. The van der Waals surface area contributed by atoms with E-state index in [4.69, 9.17) is 9.47 Å². The predicted molar refractivity (Wildman–Crippen MR) is 96.4 cm³/mol. The molecule has 132 valence electrons. The zero-order valence-electron chi connectivity index (χ0n) is 14.8. The Morgan fingerprint density at radius 1 is 0.960 bits per heavy atom. The maximum absolute atomic E-state index is 12.2. The summed E-state index contributed by atoms with van der Waals surface area (Å²) in [6, 6.07) is 10.6. The molecular weight excluding hydrogens is 320 g/mol. The van der Waals surface area contributed by atoms with Crippen molar-refractivity contribution in [1.29, 1.82) is 0 Å². The Labute approximate surface area is 147 Å². The number of anilines is 1. The lowest BCUT2D eigenvalue weighted by molar-refractivity contribution is -0.115. The summed E-state index contributed by atoms with van der Waals surface area (Å²) < 4.78 is 10.3. The van der Waals surface area contributed by atoms with Crippen molar-refractivity contribution in [3.63, 3.8) is 0 Å². The number of methoxy groups -OCH3 is 2. The molecule has 0 heterocycles. The number of carbonyl (C=O) groups is 2. The highest BCUT2D eigenvalue weighted by molar-refractivity contribution is 6.00. The number of nitrogens with one attached hydrogen (secondary N) is 2.